The first-order chi connectivity index (χ1) is 15.7. The van der Waals surface area contributed by atoms with Crippen LogP contribution in [0.4, 0.5) is 5.69 Å². The number of amides is 2. The van der Waals surface area contributed by atoms with Crippen LogP contribution in [0.5, 0.6) is 5.75 Å². The van der Waals surface area contributed by atoms with Gasteiger partial charge in [0.2, 0.25) is 21.8 Å². The number of likely N-dealkylation sites (N-methyl/N-ethyl adjacent to an activating group) is 1. The monoisotopic (exact) mass is 539 g/mol. The number of anilines is 1. The summed E-state index contributed by atoms with van der Waals surface area (Å²) < 4.78 is 38.8. The Morgan fingerprint density at radius 3 is 2.55 bits per heavy atom. The summed E-state index contributed by atoms with van der Waals surface area (Å²) in [5.41, 5.74) is 1.11. The normalized spacial score (nSPS) is 14.5. The van der Waals surface area contributed by atoms with E-state index >= 15 is 0 Å². The molecule has 1 N–H and O–H groups in total. The van der Waals surface area contributed by atoms with E-state index < -0.39 is 10.0 Å². The zero-order chi connectivity index (χ0) is 24.0. The number of nitrogens with one attached hydrogen (secondary N) is 1. The van der Waals surface area contributed by atoms with Crippen LogP contribution in [0.2, 0.25) is 0 Å². The van der Waals surface area contributed by atoms with E-state index in [1.54, 1.807) is 24.3 Å². The molecule has 33 heavy (non-hydrogen) atoms. The van der Waals surface area contributed by atoms with Crippen LogP contribution in [0, 0.1) is 0 Å². The highest BCUT2D eigenvalue weighted by atomic mass is 79.9. The lowest BCUT2D eigenvalue weighted by molar-refractivity contribution is -0.132. The highest BCUT2D eigenvalue weighted by Gasteiger charge is 2.29. The number of hydrogen-bond acceptors (Lipinski definition) is 6. The Balaban J connectivity index is 1.69. The molecular formula is C22H26BrN3O6S. The molecule has 3 rings (SSSR count). The second-order valence-corrected chi connectivity index (χ2v) is 10.2. The van der Waals surface area contributed by atoms with Crippen molar-refractivity contribution in [2.45, 2.75) is 11.3 Å². The first-order valence-corrected chi connectivity index (χ1v) is 12.5. The summed E-state index contributed by atoms with van der Waals surface area (Å²) >= 11 is 3.36. The summed E-state index contributed by atoms with van der Waals surface area (Å²) in [7, 11) is -0.883. The standard InChI is InChI=1S/C22H26BrN3O6S/c1-25(15-21(27)24-18-6-4-3-5-17(18)23)22(28)14-16-7-8-19(31-2)20(13-16)33(29,30)26-9-11-32-12-10-26/h3-8,13H,9-12,14-15H2,1-2H3,(H,24,27). The van der Waals surface area contributed by atoms with Crippen LogP contribution in [-0.4, -0.2) is 76.4 Å². The summed E-state index contributed by atoms with van der Waals surface area (Å²) in [5, 5.41) is 2.75. The van der Waals surface area contributed by atoms with E-state index in [9.17, 15) is 18.0 Å². The number of morpholine rings is 1. The Hall–Kier alpha value is -2.47. The first kappa shape index (κ1) is 25.2. The summed E-state index contributed by atoms with van der Waals surface area (Å²) in [6, 6.07) is 11.8. The largest absolute Gasteiger partial charge is 0.495 e. The summed E-state index contributed by atoms with van der Waals surface area (Å²) in [6.07, 6.45) is -0.0611. The van der Waals surface area contributed by atoms with Crippen LogP contribution in [0.1, 0.15) is 5.56 Å². The maximum atomic E-state index is 13.1. The molecule has 0 aliphatic carbocycles. The molecule has 0 radical (unpaired) electrons. The van der Waals surface area contributed by atoms with Crippen molar-refractivity contribution in [2.75, 3.05) is 52.3 Å². The van der Waals surface area contributed by atoms with Crippen molar-refractivity contribution in [3.05, 3.63) is 52.5 Å². The molecule has 11 heteroatoms. The number of benzene rings is 2. The number of para-hydroxylation sites is 1. The number of nitrogens with zero attached hydrogens (tertiary/aromatic N) is 2. The molecule has 1 aliphatic rings. The zero-order valence-electron chi connectivity index (χ0n) is 18.4. The number of rotatable bonds is 8. The van der Waals surface area contributed by atoms with Gasteiger partial charge in [-0.25, -0.2) is 8.42 Å². The molecule has 0 aromatic heterocycles. The quantitative estimate of drug-likeness (QED) is 0.550. The molecule has 2 amide bonds. The van der Waals surface area contributed by atoms with Gasteiger partial charge < -0.3 is 19.7 Å². The van der Waals surface area contributed by atoms with Gasteiger partial charge in [-0.1, -0.05) is 18.2 Å². The molecule has 0 spiro atoms. The minimum Gasteiger partial charge on any atom is -0.495 e. The average molecular weight is 540 g/mol. The molecule has 0 atom stereocenters. The van der Waals surface area contributed by atoms with Gasteiger partial charge in [-0.3, -0.25) is 9.59 Å². The number of carbonyl (C=O) groups is 2. The van der Waals surface area contributed by atoms with Gasteiger partial charge >= 0.3 is 0 Å². The van der Waals surface area contributed by atoms with Gasteiger partial charge in [-0.05, 0) is 45.8 Å². The average Bonchev–Trinajstić information content (AvgIpc) is 2.81. The predicted molar refractivity (Wildman–Crippen MR) is 127 cm³/mol. The van der Waals surface area contributed by atoms with Gasteiger partial charge in [0.15, 0.2) is 0 Å². The fourth-order valence-corrected chi connectivity index (χ4v) is 5.32. The van der Waals surface area contributed by atoms with Crippen LogP contribution < -0.4 is 10.1 Å². The van der Waals surface area contributed by atoms with E-state index in [0.717, 1.165) is 4.47 Å². The van der Waals surface area contributed by atoms with Crippen molar-refractivity contribution in [1.29, 1.82) is 0 Å². The number of carbonyl (C=O) groups excluding carboxylic acids is 2. The Bertz CT molecular complexity index is 1120. The van der Waals surface area contributed by atoms with Crippen molar-refractivity contribution in [1.82, 2.24) is 9.21 Å². The van der Waals surface area contributed by atoms with E-state index in [0.29, 0.717) is 24.5 Å². The molecule has 1 fully saturated rings. The van der Waals surface area contributed by atoms with Crippen LogP contribution in [0.3, 0.4) is 0 Å². The van der Waals surface area contributed by atoms with Gasteiger partial charge in [0.1, 0.15) is 10.6 Å². The van der Waals surface area contributed by atoms with Crippen LogP contribution in [0.15, 0.2) is 51.8 Å². The molecule has 9 nitrogen and oxygen atoms in total. The van der Waals surface area contributed by atoms with Gasteiger partial charge in [0.25, 0.3) is 0 Å². The predicted octanol–water partition coefficient (Wildman–Crippen LogP) is 2.12. The number of hydrogen-bond donors (Lipinski definition) is 1. The van der Waals surface area contributed by atoms with Gasteiger partial charge in [-0.15, -0.1) is 0 Å². The molecule has 1 saturated heterocycles. The van der Waals surface area contributed by atoms with E-state index in [-0.39, 0.29) is 48.5 Å². The van der Waals surface area contributed by atoms with Crippen LogP contribution >= 0.6 is 15.9 Å². The van der Waals surface area contributed by atoms with Crippen molar-refractivity contribution >= 4 is 43.5 Å². The number of methoxy groups -OCH3 is 1. The molecular weight excluding hydrogens is 514 g/mol. The van der Waals surface area contributed by atoms with E-state index in [2.05, 4.69) is 21.2 Å². The van der Waals surface area contributed by atoms with Gasteiger partial charge in [0, 0.05) is 24.6 Å². The Morgan fingerprint density at radius 1 is 1.18 bits per heavy atom. The fourth-order valence-electron chi connectivity index (χ4n) is 3.32. The number of halogens is 1. The number of sulfonamides is 1. The molecule has 0 saturated carbocycles. The molecule has 2 aromatic carbocycles. The molecule has 1 heterocycles. The molecule has 0 bridgehead atoms. The minimum atomic E-state index is -3.81. The summed E-state index contributed by atoms with van der Waals surface area (Å²) in [4.78, 5) is 26.4. The van der Waals surface area contributed by atoms with E-state index in [4.69, 9.17) is 9.47 Å². The Kier molecular flexibility index (Phi) is 8.46. The summed E-state index contributed by atoms with van der Waals surface area (Å²) in [5.74, 6) is -0.459. The van der Waals surface area contributed by atoms with E-state index in [1.165, 1.54) is 35.5 Å². The van der Waals surface area contributed by atoms with Crippen molar-refractivity contribution < 1.29 is 27.5 Å². The smallest absolute Gasteiger partial charge is 0.246 e. The number of ether oxygens (including phenoxy) is 2. The second-order valence-electron chi connectivity index (χ2n) is 7.46. The fraction of sp³-hybridized carbons (Fsp3) is 0.364. The Morgan fingerprint density at radius 2 is 1.88 bits per heavy atom. The maximum Gasteiger partial charge on any atom is 0.246 e. The van der Waals surface area contributed by atoms with Gasteiger partial charge in [0.05, 0.1) is 39.0 Å². The molecule has 178 valence electrons. The van der Waals surface area contributed by atoms with Crippen LogP contribution in [0.25, 0.3) is 0 Å². The Labute approximate surface area is 201 Å². The maximum absolute atomic E-state index is 13.1. The summed E-state index contributed by atoms with van der Waals surface area (Å²) in [6.45, 7) is 1.02. The van der Waals surface area contributed by atoms with Crippen molar-refractivity contribution in [3.8, 4) is 5.75 Å². The highest BCUT2D eigenvalue weighted by molar-refractivity contribution is 9.10. The van der Waals surface area contributed by atoms with Crippen molar-refractivity contribution in [2.24, 2.45) is 0 Å². The highest BCUT2D eigenvalue weighted by Crippen LogP contribution is 2.29. The third-order valence-electron chi connectivity index (χ3n) is 5.13. The van der Waals surface area contributed by atoms with Gasteiger partial charge in [-0.2, -0.15) is 4.31 Å². The lowest BCUT2D eigenvalue weighted by Gasteiger charge is -2.27. The third-order valence-corrected chi connectivity index (χ3v) is 7.74. The SMILES string of the molecule is COc1ccc(CC(=O)N(C)CC(=O)Nc2ccccc2Br)cc1S(=O)(=O)N1CCOCC1. The molecule has 0 unspecified atom stereocenters. The topological polar surface area (TPSA) is 105 Å². The lowest BCUT2D eigenvalue weighted by Crippen LogP contribution is -2.40. The van der Waals surface area contributed by atoms with Crippen molar-refractivity contribution in [3.63, 3.8) is 0 Å². The first-order valence-electron chi connectivity index (χ1n) is 10.3. The molecule has 1 aliphatic heterocycles. The van der Waals surface area contributed by atoms with Crippen LogP contribution in [-0.2, 0) is 30.8 Å². The van der Waals surface area contributed by atoms with E-state index in [1.807, 2.05) is 6.07 Å². The zero-order valence-corrected chi connectivity index (χ0v) is 20.8. The minimum absolute atomic E-state index is 0.00604. The lowest BCUT2D eigenvalue weighted by atomic mass is 10.1. The molecule has 2 aromatic rings. The third kappa shape index (κ3) is 6.32. The second kappa shape index (κ2) is 11.1.